The fourth-order valence-electron chi connectivity index (χ4n) is 1.57. The molecule has 1 amide bonds. The molecule has 1 unspecified atom stereocenters. The zero-order chi connectivity index (χ0) is 15.1. The first-order valence-electron chi connectivity index (χ1n) is 6.55. The molecule has 1 atom stereocenters. The predicted molar refractivity (Wildman–Crippen MR) is 71.6 cm³/mol. The first kappa shape index (κ1) is 15.0. The van der Waals surface area contributed by atoms with Crippen LogP contribution < -0.4 is 10.1 Å². The van der Waals surface area contributed by atoms with E-state index < -0.39 is 5.09 Å². The van der Waals surface area contributed by atoms with Crippen LogP contribution in [0.1, 0.15) is 16.8 Å². The fraction of sp³-hybridized carbons (Fsp3) is 0.462. The Kier molecular flexibility index (Phi) is 5.33. The van der Waals surface area contributed by atoms with Gasteiger partial charge < -0.3 is 19.6 Å². The summed E-state index contributed by atoms with van der Waals surface area (Å²) in [6.45, 7) is 1.52. The fourth-order valence-corrected chi connectivity index (χ4v) is 1.57. The molecular weight excluding hydrogens is 280 g/mol. The molecule has 1 aromatic carbocycles. The van der Waals surface area contributed by atoms with Gasteiger partial charge in [0, 0.05) is 12.1 Å². The largest absolute Gasteiger partial charge is 0.491 e. The van der Waals surface area contributed by atoms with E-state index >= 15 is 0 Å². The molecule has 0 aliphatic carbocycles. The highest BCUT2D eigenvalue weighted by atomic mass is 16.9. The third-order valence-corrected chi connectivity index (χ3v) is 2.76. The van der Waals surface area contributed by atoms with Crippen LogP contribution in [-0.2, 0) is 9.57 Å². The standard InChI is InChI=1S/C13H16N2O6/c16-13(14-6-1-7-21-15(17)18)10-2-4-11(5-3-10)19-8-12-9-20-12/h2-5,12H,1,6-9H2,(H,14,16). The van der Waals surface area contributed by atoms with Gasteiger partial charge in [-0.3, -0.25) is 4.79 Å². The van der Waals surface area contributed by atoms with E-state index in [9.17, 15) is 14.9 Å². The third kappa shape index (κ3) is 5.65. The van der Waals surface area contributed by atoms with Gasteiger partial charge in [0.1, 0.15) is 18.5 Å². The van der Waals surface area contributed by atoms with Crippen molar-refractivity contribution in [1.29, 1.82) is 0 Å². The lowest BCUT2D eigenvalue weighted by Gasteiger charge is -2.07. The van der Waals surface area contributed by atoms with Gasteiger partial charge in [0.15, 0.2) is 0 Å². The molecule has 1 aromatic rings. The van der Waals surface area contributed by atoms with Gasteiger partial charge in [0.2, 0.25) is 0 Å². The summed E-state index contributed by atoms with van der Waals surface area (Å²) in [5.74, 6) is 0.439. The Morgan fingerprint density at radius 3 is 2.76 bits per heavy atom. The van der Waals surface area contributed by atoms with Crippen molar-refractivity contribution < 1.29 is 24.2 Å². The normalized spacial score (nSPS) is 16.1. The van der Waals surface area contributed by atoms with Crippen LogP contribution in [0.25, 0.3) is 0 Å². The van der Waals surface area contributed by atoms with E-state index in [4.69, 9.17) is 9.47 Å². The zero-order valence-corrected chi connectivity index (χ0v) is 11.3. The van der Waals surface area contributed by atoms with Gasteiger partial charge in [-0.1, -0.05) is 0 Å². The summed E-state index contributed by atoms with van der Waals surface area (Å²) in [4.78, 5) is 25.8. The lowest BCUT2D eigenvalue weighted by atomic mass is 10.2. The van der Waals surface area contributed by atoms with Crippen LogP contribution in [0.5, 0.6) is 5.75 Å². The van der Waals surface area contributed by atoms with Crippen molar-refractivity contribution in [2.24, 2.45) is 0 Å². The number of amides is 1. The molecule has 0 spiro atoms. The average Bonchev–Trinajstić information content (AvgIpc) is 3.29. The molecule has 21 heavy (non-hydrogen) atoms. The van der Waals surface area contributed by atoms with Crippen LogP contribution >= 0.6 is 0 Å². The Morgan fingerprint density at radius 1 is 1.43 bits per heavy atom. The topological polar surface area (TPSA) is 103 Å². The lowest BCUT2D eigenvalue weighted by Crippen LogP contribution is -2.25. The number of hydrogen-bond acceptors (Lipinski definition) is 6. The molecule has 0 bridgehead atoms. The van der Waals surface area contributed by atoms with E-state index in [-0.39, 0.29) is 18.6 Å². The van der Waals surface area contributed by atoms with Crippen molar-refractivity contribution in [1.82, 2.24) is 5.32 Å². The van der Waals surface area contributed by atoms with Crippen molar-refractivity contribution in [2.45, 2.75) is 12.5 Å². The van der Waals surface area contributed by atoms with E-state index in [2.05, 4.69) is 10.2 Å². The number of benzene rings is 1. The quantitative estimate of drug-likeness (QED) is 0.313. The number of nitrogens with one attached hydrogen (secondary N) is 1. The number of carbonyl (C=O) groups excluding carboxylic acids is 1. The average molecular weight is 296 g/mol. The molecule has 0 aromatic heterocycles. The third-order valence-electron chi connectivity index (χ3n) is 2.76. The Labute approximate surface area is 121 Å². The highest BCUT2D eigenvalue weighted by Crippen LogP contribution is 2.15. The van der Waals surface area contributed by atoms with E-state index in [1.807, 2.05) is 0 Å². The van der Waals surface area contributed by atoms with Crippen LogP contribution in [0.2, 0.25) is 0 Å². The summed E-state index contributed by atoms with van der Waals surface area (Å²) in [6.07, 6.45) is 0.560. The summed E-state index contributed by atoms with van der Waals surface area (Å²) < 4.78 is 10.5. The van der Waals surface area contributed by atoms with Gasteiger partial charge in [0.05, 0.1) is 13.2 Å². The van der Waals surface area contributed by atoms with Crippen LogP contribution in [0.15, 0.2) is 24.3 Å². The number of hydrogen-bond donors (Lipinski definition) is 1. The zero-order valence-electron chi connectivity index (χ0n) is 11.3. The summed E-state index contributed by atoms with van der Waals surface area (Å²) >= 11 is 0. The van der Waals surface area contributed by atoms with Gasteiger partial charge in [-0.15, -0.1) is 10.1 Å². The number of rotatable bonds is 9. The van der Waals surface area contributed by atoms with E-state index in [0.717, 1.165) is 6.61 Å². The smallest absolute Gasteiger partial charge is 0.294 e. The number of epoxide rings is 1. The highest BCUT2D eigenvalue weighted by Gasteiger charge is 2.22. The minimum Gasteiger partial charge on any atom is -0.491 e. The Balaban J connectivity index is 1.67. The van der Waals surface area contributed by atoms with Crippen molar-refractivity contribution in [3.63, 3.8) is 0 Å². The van der Waals surface area contributed by atoms with Gasteiger partial charge in [-0.2, -0.15) is 0 Å². The van der Waals surface area contributed by atoms with Crippen LogP contribution in [0.4, 0.5) is 0 Å². The second kappa shape index (κ2) is 7.44. The molecule has 1 N–H and O–H groups in total. The number of nitrogens with zero attached hydrogens (tertiary/aromatic N) is 1. The van der Waals surface area contributed by atoms with Gasteiger partial charge in [-0.05, 0) is 30.7 Å². The predicted octanol–water partition coefficient (Wildman–Crippen LogP) is 0.792. The van der Waals surface area contributed by atoms with E-state index in [1.165, 1.54) is 0 Å². The maximum atomic E-state index is 11.8. The van der Waals surface area contributed by atoms with E-state index in [1.54, 1.807) is 24.3 Å². The maximum absolute atomic E-state index is 11.8. The molecule has 0 radical (unpaired) electrons. The minimum absolute atomic E-state index is 0.0384. The molecule has 1 fully saturated rings. The van der Waals surface area contributed by atoms with Crippen LogP contribution in [0, 0.1) is 10.1 Å². The Bertz CT molecular complexity index is 486. The summed E-state index contributed by atoms with van der Waals surface area (Å²) in [6, 6.07) is 6.75. The Hall–Kier alpha value is -2.35. The summed E-state index contributed by atoms with van der Waals surface area (Å²) in [7, 11) is 0. The molecule has 114 valence electrons. The second-order valence-corrected chi connectivity index (χ2v) is 4.46. The first-order valence-corrected chi connectivity index (χ1v) is 6.55. The Morgan fingerprint density at radius 2 is 2.14 bits per heavy atom. The highest BCUT2D eigenvalue weighted by molar-refractivity contribution is 5.94. The van der Waals surface area contributed by atoms with Crippen LogP contribution in [-0.4, -0.2) is 43.5 Å². The number of carbonyl (C=O) groups is 1. The van der Waals surface area contributed by atoms with Gasteiger partial charge in [-0.25, -0.2) is 0 Å². The maximum Gasteiger partial charge on any atom is 0.294 e. The molecule has 1 aliphatic rings. The molecule has 2 rings (SSSR count). The van der Waals surface area contributed by atoms with Crippen molar-refractivity contribution in [3.8, 4) is 5.75 Å². The minimum atomic E-state index is -0.854. The number of ether oxygens (including phenoxy) is 2. The molecule has 0 saturated carbocycles. The first-order chi connectivity index (χ1) is 10.1. The van der Waals surface area contributed by atoms with Gasteiger partial charge in [0.25, 0.3) is 11.0 Å². The SMILES string of the molecule is O=C(NCCCO[N+](=O)[O-])c1ccc(OCC2CO2)cc1. The molecule has 1 heterocycles. The summed E-state index contributed by atoms with van der Waals surface area (Å²) in [5.41, 5.74) is 0.500. The van der Waals surface area contributed by atoms with Crippen LogP contribution in [0.3, 0.4) is 0 Å². The van der Waals surface area contributed by atoms with Crippen molar-refractivity contribution in [2.75, 3.05) is 26.4 Å². The van der Waals surface area contributed by atoms with E-state index in [0.29, 0.717) is 30.9 Å². The molecule has 1 aliphatic heterocycles. The lowest BCUT2D eigenvalue weighted by molar-refractivity contribution is -0.757. The monoisotopic (exact) mass is 296 g/mol. The summed E-state index contributed by atoms with van der Waals surface area (Å²) in [5, 5.41) is 11.7. The van der Waals surface area contributed by atoms with Gasteiger partial charge >= 0.3 is 0 Å². The van der Waals surface area contributed by atoms with Crippen molar-refractivity contribution in [3.05, 3.63) is 39.9 Å². The molecule has 8 heteroatoms. The molecule has 1 saturated heterocycles. The molecular formula is C13H16N2O6. The van der Waals surface area contributed by atoms with Crippen molar-refractivity contribution >= 4 is 5.91 Å². The second-order valence-electron chi connectivity index (χ2n) is 4.46. The molecule has 8 nitrogen and oxygen atoms in total.